The monoisotopic (exact) mass is 302 g/mol. The van der Waals surface area contributed by atoms with Crippen LogP contribution in [0.25, 0.3) is 0 Å². The van der Waals surface area contributed by atoms with E-state index in [1.165, 1.54) is 7.11 Å². The highest BCUT2D eigenvalue weighted by Crippen LogP contribution is 2.28. The van der Waals surface area contributed by atoms with Crippen molar-refractivity contribution in [2.75, 3.05) is 14.2 Å². The molecule has 0 saturated heterocycles. The quantitative estimate of drug-likeness (QED) is 0.852. The smallest absolute Gasteiger partial charge is 0.345 e. The van der Waals surface area contributed by atoms with Crippen molar-refractivity contribution in [3.63, 3.8) is 0 Å². The van der Waals surface area contributed by atoms with E-state index in [0.717, 1.165) is 5.56 Å². The standard InChI is InChI=1S/C17H18O5/c1-20-13-8-4-3-7-12(13)11-16(17(18)19)22-15-10-6-5-9-14(15)21-2/h3-10,16H,11H2,1-2H3,(H,18,19). The van der Waals surface area contributed by atoms with Crippen LogP contribution < -0.4 is 14.2 Å². The van der Waals surface area contributed by atoms with Gasteiger partial charge in [0.1, 0.15) is 5.75 Å². The van der Waals surface area contributed by atoms with E-state index in [1.54, 1.807) is 37.4 Å². The summed E-state index contributed by atoms with van der Waals surface area (Å²) in [5, 5.41) is 9.42. The molecule has 2 aromatic rings. The van der Waals surface area contributed by atoms with Gasteiger partial charge in [-0.15, -0.1) is 0 Å². The first-order chi connectivity index (χ1) is 10.7. The molecule has 0 aromatic heterocycles. The van der Waals surface area contributed by atoms with Crippen molar-refractivity contribution in [2.45, 2.75) is 12.5 Å². The first kappa shape index (κ1) is 15.7. The highest BCUT2D eigenvalue weighted by molar-refractivity contribution is 5.73. The maximum absolute atomic E-state index is 11.5. The molecule has 0 fully saturated rings. The van der Waals surface area contributed by atoms with Crippen molar-refractivity contribution < 1.29 is 24.1 Å². The predicted octanol–water partition coefficient (Wildman–Crippen LogP) is 2.78. The largest absolute Gasteiger partial charge is 0.496 e. The minimum absolute atomic E-state index is 0.192. The molecule has 0 aliphatic carbocycles. The van der Waals surface area contributed by atoms with E-state index in [0.29, 0.717) is 17.2 Å². The highest BCUT2D eigenvalue weighted by atomic mass is 16.5. The Morgan fingerprint density at radius 3 is 2.09 bits per heavy atom. The van der Waals surface area contributed by atoms with Crippen LogP contribution in [-0.4, -0.2) is 31.4 Å². The first-order valence-electron chi connectivity index (χ1n) is 6.80. The van der Waals surface area contributed by atoms with E-state index in [1.807, 2.05) is 18.2 Å². The molecule has 2 rings (SSSR count). The molecule has 2 aromatic carbocycles. The Bertz CT molecular complexity index is 589. The van der Waals surface area contributed by atoms with E-state index in [-0.39, 0.29) is 6.42 Å². The molecule has 0 amide bonds. The lowest BCUT2D eigenvalue weighted by atomic mass is 10.1. The molecule has 0 saturated carbocycles. The molecule has 5 heteroatoms. The molecule has 0 aliphatic heterocycles. The average Bonchev–Trinajstić information content (AvgIpc) is 2.55. The van der Waals surface area contributed by atoms with Gasteiger partial charge in [0, 0.05) is 6.42 Å². The minimum Gasteiger partial charge on any atom is -0.496 e. The van der Waals surface area contributed by atoms with Crippen LogP contribution in [0.1, 0.15) is 5.56 Å². The molecule has 0 bridgehead atoms. The first-order valence-corrected chi connectivity index (χ1v) is 6.80. The Labute approximate surface area is 129 Å². The van der Waals surface area contributed by atoms with E-state index >= 15 is 0 Å². The number of rotatable bonds is 7. The van der Waals surface area contributed by atoms with Crippen molar-refractivity contribution in [3.05, 3.63) is 54.1 Å². The van der Waals surface area contributed by atoms with Crippen LogP contribution in [0.5, 0.6) is 17.2 Å². The number of carbonyl (C=O) groups is 1. The van der Waals surface area contributed by atoms with Gasteiger partial charge < -0.3 is 19.3 Å². The van der Waals surface area contributed by atoms with E-state index in [4.69, 9.17) is 14.2 Å². The van der Waals surface area contributed by atoms with Crippen LogP contribution in [0.3, 0.4) is 0 Å². The number of ether oxygens (including phenoxy) is 3. The van der Waals surface area contributed by atoms with E-state index < -0.39 is 12.1 Å². The van der Waals surface area contributed by atoms with Crippen molar-refractivity contribution in [2.24, 2.45) is 0 Å². The summed E-state index contributed by atoms with van der Waals surface area (Å²) in [7, 11) is 3.06. The number of hydrogen-bond donors (Lipinski definition) is 1. The lowest BCUT2D eigenvalue weighted by molar-refractivity contribution is -0.145. The number of hydrogen-bond acceptors (Lipinski definition) is 4. The zero-order valence-corrected chi connectivity index (χ0v) is 12.5. The summed E-state index contributed by atoms with van der Waals surface area (Å²) in [6.07, 6.45) is -0.843. The third-order valence-corrected chi connectivity index (χ3v) is 3.21. The van der Waals surface area contributed by atoms with Gasteiger partial charge >= 0.3 is 5.97 Å². The second kappa shape index (κ2) is 7.36. The van der Waals surface area contributed by atoms with Gasteiger partial charge in [0.25, 0.3) is 0 Å². The van der Waals surface area contributed by atoms with Gasteiger partial charge in [-0.05, 0) is 23.8 Å². The highest BCUT2D eigenvalue weighted by Gasteiger charge is 2.23. The SMILES string of the molecule is COc1ccccc1CC(Oc1ccccc1OC)C(=O)O. The number of aliphatic carboxylic acids is 1. The topological polar surface area (TPSA) is 65.0 Å². The molecule has 0 heterocycles. The predicted molar refractivity (Wildman–Crippen MR) is 81.7 cm³/mol. The minimum atomic E-state index is -1.04. The summed E-state index contributed by atoms with van der Waals surface area (Å²) in [4.78, 5) is 11.5. The number of methoxy groups -OCH3 is 2. The zero-order valence-electron chi connectivity index (χ0n) is 12.5. The molecule has 1 N–H and O–H groups in total. The Morgan fingerprint density at radius 1 is 0.955 bits per heavy atom. The van der Waals surface area contributed by atoms with Crippen LogP contribution in [0.2, 0.25) is 0 Å². The summed E-state index contributed by atoms with van der Waals surface area (Å²) < 4.78 is 16.0. The molecule has 22 heavy (non-hydrogen) atoms. The third kappa shape index (κ3) is 3.69. The molecule has 0 aliphatic rings. The van der Waals surface area contributed by atoms with Crippen molar-refractivity contribution in [1.29, 1.82) is 0 Å². The summed E-state index contributed by atoms with van der Waals surface area (Å²) in [5.41, 5.74) is 0.771. The van der Waals surface area contributed by atoms with Gasteiger partial charge in [0.05, 0.1) is 14.2 Å². The van der Waals surface area contributed by atoms with Crippen LogP contribution in [-0.2, 0) is 11.2 Å². The Hall–Kier alpha value is -2.69. The van der Waals surface area contributed by atoms with Gasteiger partial charge in [-0.1, -0.05) is 30.3 Å². The molecular weight excluding hydrogens is 284 g/mol. The van der Waals surface area contributed by atoms with Gasteiger partial charge in [-0.2, -0.15) is 0 Å². The average molecular weight is 302 g/mol. The fourth-order valence-electron chi connectivity index (χ4n) is 2.12. The Balaban J connectivity index is 2.22. The maximum Gasteiger partial charge on any atom is 0.345 e. The summed E-state index contributed by atoms with van der Waals surface area (Å²) in [6.45, 7) is 0. The Morgan fingerprint density at radius 2 is 1.50 bits per heavy atom. The number of carboxylic acids is 1. The van der Waals surface area contributed by atoms with E-state index in [9.17, 15) is 9.90 Å². The van der Waals surface area contributed by atoms with E-state index in [2.05, 4.69) is 0 Å². The number of para-hydroxylation sites is 3. The molecule has 0 spiro atoms. The summed E-state index contributed by atoms with van der Waals surface area (Å²) in [6, 6.07) is 14.2. The van der Waals surface area contributed by atoms with Crippen LogP contribution in [0.15, 0.2) is 48.5 Å². The summed E-state index contributed by atoms with van der Waals surface area (Å²) >= 11 is 0. The number of carboxylic acid groups (broad SMARTS) is 1. The van der Waals surface area contributed by atoms with Crippen molar-refractivity contribution in [1.82, 2.24) is 0 Å². The lowest BCUT2D eigenvalue weighted by Crippen LogP contribution is -2.29. The molecule has 1 atom stereocenters. The lowest BCUT2D eigenvalue weighted by Gasteiger charge is -2.18. The molecule has 1 unspecified atom stereocenters. The van der Waals surface area contributed by atoms with Gasteiger partial charge in [0.2, 0.25) is 0 Å². The molecular formula is C17H18O5. The summed E-state index contributed by atoms with van der Waals surface area (Å²) in [5.74, 6) is 0.482. The second-order valence-corrected chi connectivity index (χ2v) is 4.61. The third-order valence-electron chi connectivity index (χ3n) is 3.21. The van der Waals surface area contributed by atoms with Crippen LogP contribution in [0.4, 0.5) is 0 Å². The van der Waals surface area contributed by atoms with Crippen molar-refractivity contribution >= 4 is 5.97 Å². The zero-order chi connectivity index (χ0) is 15.9. The molecule has 0 radical (unpaired) electrons. The van der Waals surface area contributed by atoms with Crippen molar-refractivity contribution in [3.8, 4) is 17.2 Å². The fraction of sp³-hybridized carbons (Fsp3) is 0.235. The van der Waals surface area contributed by atoms with Crippen LogP contribution >= 0.6 is 0 Å². The van der Waals surface area contributed by atoms with Gasteiger partial charge in [0.15, 0.2) is 17.6 Å². The molecule has 5 nitrogen and oxygen atoms in total. The van der Waals surface area contributed by atoms with Gasteiger partial charge in [-0.3, -0.25) is 0 Å². The number of benzene rings is 2. The normalized spacial score (nSPS) is 11.5. The fourth-order valence-corrected chi connectivity index (χ4v) is 2.12. The molecule has 116 valence electrons. The maximum atomic E-state index is 11.5. The second-order valence-electron chi connectivity index (χ2n) is 4.61. The van der Waals surface area contributed by atoms with Gasteiger partial charge in [-0.25, -0.2) is 4.79 Å². The van der Waals surface area contributed by atoms with Crippen LogP contribution in [0, 0.1) is 0 Å². The Kier molecular flexibility index (Phi) is 5.25.